The highest BCUT2D eigenvalue weighted by Crippen LogP contribution is 2.39. The summed E-state index contributed by atoms with van der Waals surface area (Å²) in [7, 11) is 0. The summed E-state index contributed by atoms with van der Waals surface area (Å²) in [6, 6.07) is 2.53. The molecule has 8 nitrogen and oxygen atoms in total. The van der Waals surface area contributed by atoms with E-state index in [1.54, 1.807) is 6.07 Å². The molecule has 1 fully saturated rings. The number of aliphatic hydroxyl groups is 1. The summed E-state index contributed by atoms with van der Waals surface area (Å²) in [5.74, 6) is -1.15. The largest absolute Gasteiger partial charge is 0.422 e. The van der Waals surface area contributed by atoms with Crippen molar-refractivity contribution in [2.75, 3.05) is 24.6 Å². The SMILES string of the molecule is O=C(N[C@@H](CO)C(=O)NC1CCCC1)c1cc2cc3c4c(c2oc1=O)CCCN4CCC3. The van der Waals surface area contributed by atoms with Crippen LogP contribution in [0.4, 0.5) is 5.69 Å². The van der Waals surface area contributed by atoms with Gasteiger partial charge in [-0.05, 0) is 56.2 Å². The number of carbonyl (C=O) groups excluding carboxylic acids is 2. The average Bonchev–Trinajstić information content (AvgIpc) is 3.30. The molecule has 0 bridgehead atoms. The van der Waals surface area contributed by atoms with Gasteiger partial charge in [0, 0.05) is 35.8 Å². The summed E-state index contributed by atoms with van der Waals surface area (Å²) in [5.41, 5.74) is 3.14. The topological polar surface area (TPSA) is 112 Å². The first-order chi connectivity index (χ1) is 15.5. The fourth-order valence-corrected chi connectivity index (χ4v) is 5.41. The van der Waals surface area contributed by atoms with Crippen LogP contribution in [0, 0.1) is 0 Å². The molecule has 170 valence electrons. The van der Waals surface area contributed by atoms with E-state index in [9.17, 15) is 19.5 Å². The normalized spacial score (nSPS) is 19.0. The second kappa shape index (κ2) is 8.58. The molecule has 1 aromatic heterocycles. The third-order valence-corrected chi connectivity index (χ3v) is 6.97. The zero-order valence-electron chi connectivity index (χ0n) is 18.1. The molecule has 3 N–H and O–H groups in total. The van der Waals surface area contributed by atoms with Crippen LogP contribution >= 0.6 is 0 Å². The summed E-state index contributed by atoms with van der Waals surface area (Å²) in [6.07, 6.45) is 7.81. The number of aryl methyl sites for hydroxylation is 2. The van der Waals surface area contributed by atoms with Crippen molar-refractivity contribution in [2.45, 2.75) is 63.5 Å². The molecule has 0 radical (unpaired) electrons. The number of anilines is 1. The smallest absolute Gasteiger partial charge is 0.349 e. The lowest BCUT2D eigenvalue weighted by Gasteiger charge is -2.37. The molecule has 32 heavy (non-hydrogen) atoms. The fraction of sp³-hybridized carbons (Fsp3) is 0.542. The molecule has 5 rings (SSSR count). The van der Waals surface area contributed by atoms with Crippen LogP contribution in [0.15, 0.2) is 21.3 Å². The standard InChI is InChI=1S/C24H29N3O5/c28-13-19(23(30)25-16-6-1-2-7-16)26-22(29)18-12-15-11-14-5-3-9-27-10-4-8-17(20(14)27)21(15)32-24(18)31/h11-12,16,19,28H,1-10,13H2,(H,25,30)(H,26,29)/t19-/m0/s1. The Hall–Kier alpha value is -2.87. The first-order valence-corrected chi connectivity index (χ1v) is 11.6. The maximum absolute atomic E-state index is 12.9. The van der Waals surface area contributed by atoms with Gasteiger partial charge in [-0.1, -0.05) is 12.8 Å². The van der Waals surface area contributed by atoms with E-state index in [0.717, 1.165) is 75.4 Å². The Bertz CT molecular complexity index is 1120. The first-order valence-electron chi connectivity index (χ1n) is 11.6. The van der Waals surface area contributed by atoms with Gasteiger partial charge in [-0.3, -0.25) is 9.59 Å². The van der Waals surface area contributed by atoms with Crippen molar-refractivity contribution in [2.24, 2.45) is 0 Å². The van der Waals surface area contributed by atoms with Crippen LogP contribution in [0.2, 0.25) is 0 Å². The van der Waals surface area contributed by atoms with Crippen LogP contribution in [0.5, 0.6) is 0 Å². The molecule has 1 aromatic carbocycles. The summed E-state index contributed by atoms with van der Waals surface area (Å²) in [6.45, 7) is 1.49. The van der Waals surface area contributed by atoms with Gasteiger partial charge in [-0.2, -0.15) is 0 Å². The Morgan fingerprint density at radius 1 is 1.12 bits per heavy atom. The van der Waals surface area contributed by atoms with E-state index in [1.807, 2.05) is 6.07 Å². The van der Waals surface area contributed by atoms with Gasteiger partial charge >= 0.3 is 5.63 Å². The molecule has 0 spiro atoms. The number of amides is 2. The van der Waals surface area contributed by atoms with Gasteiger partial charge in [0.15, 0.2) is 0 Å². The molecule has 3 heterocycles. The highest BCUT2D eigenvalue weighted by molar-refractivity contribution is 6.00. The van der Waals surface area contributed by atoms with E-state index in [-0.39, 0.29) is 11.6 Å². The van der Waals surface area contributed by atoms with Gasteiger partial charge in [0.2, 0.25) is 5.91 Å². The zero-order valence-corrected chi connectivity index (χ0v) is 18.1. The number of fused-ring (bicyclic) bond motifs is 2. The number of carbonyl (C=O) groups is 2. The quantitative estimate of drug-likeness (QED) is 0.611. The van der Waals surface area contributed by atoms with Crippen molar-refractivity contribution in [3.8, 4) is 0 Å². The van der Waals surface area contributed by atoms with E-state index in [4.69, 9.17) is 4.42 Å². The molecule has 1 atom stereocenters. The van der Waals surface area contributed by atoms with Crippen LogP contribution in [0.25, 0.3) is 11.0 Å². The lowest BCUT2D eigenvalue weighted by molar-refractivity contribution is -0.124. The van der Waals surface area contributed by atoms with Gasteiger partial charge in [0.05, 0.1) is 6.61 Å². The lowest BCUT2D eigenvalue weighted by atomic mass is 9.90. The third-order valence-electron chi connectivity index (χ3n) is 6.97. The molecule has 0 unspecified atom stereocenters. The lowest BCUT2D eigenvalue weighted by Crippen LogP contribution is -2.51. The summed E-state index contributed by atoms with van der Waals surface area (Å²) >= 11 is 0. The number of aliphatic hydroxyl groups excluding tert-OH is 1. The molecule has 3 aliphatic rings. The molecule has 2 amide bonds. The van der Waals surface area contributed by atoms with Crippen molar-refractivity contribution in [3.05, 3.63) is 39.2 Å². The molecule has 8 heteroatoms. The number of nitrogens with zero attached hydrogens (tertiary/aromatic N) is 1. The third kappa shape index (κ3) is 3.77. The minimum atomic E-state index is -1.11. The Kier molecular flexibility index (Phi) is 5.63. The highest BCUT2D eigenvalue weighted by Gasteiger charge is 2.29. The second-order valence-corrected chi connectivity index (χ2v) is 9.12. The van der Waals surface area contributed by atoms with Crippen molar-refractivity contribution in [1.82, 2.24) is 10.6 Å². The van der Waals surface area contributed by atoms with Crippen molar-refractivity contribution >= 4 is 28.5 Å². The number of hydrogen-bond acceptors (Lipinski definition) is 6. The van der Waals surface area contributed by atoms with Gasteiger partial charge in [0.25, 0.3) is 5.91 Å². The van der Waals surface area contributed by atoms with Crippen LogP contribution in [-0.2, 0) is 17.6 Å². The summed E-state index contributed by atoms with van der Waals surface area (Å²) < 4.78 is 5.66. The minimum absolute atomic E-state index is 0.0712. The Morgan fingerprint density at radius 2 is 1.88 bits per heavy atom. The van der Waals surface area contributed by atoms with Crippen molar-refractivity contribution in [3.63, 3.8) is 0 Å². The second-order valence-electron chi connectivity index (χ2n) is 9.12. The number of rotatable bonds is 5. The first kappa shape index (κ1) is 21.0. The van der Waals surface area contributed by atoms with E-state index < -0.39 is 30.1 Å². The Labute approximate surface area is 186 Å². The van der Waals surface area contributed by atoms with Crippen LogP contribution in [-0.4, -0.2) is 48.7 Å². The summed E-state index contributed by atoms with van der Waals surface area (Å²) in [4.78, 5) is 40.4. The van der Waals surface area contributed by atoms with Crippen molar-refractivity contribution in [1.29, 1.82) is 0 Å². The van der Waals surface area contributed by atoms with Gasteiger partial charge in [-0.15, -0.1) is 0 Å². The number of benzene rings is 1. The number of nitrogens with one attached hydrogen (secondary N) is 2. The van der Waals surface area contributed by atoms with Crippen LogP contribution < -0.4 is 21.2 Å². The predicted octanol–water partition coefficient (Wildman–Crippen LogP) is 1.64. The maximum Gasteiger partial charge on any atom is 0.349 e. The summed E-state index contributed by atoms with van der Waals surface area (Å²) in [5, 5.41) is 15.8. The molecule has 0 saturated heterocycles. The van der Waals surface area contributed by atoms with E-state index in [2.05, 4.69) is 15.5 Å². The van der Waals surface area contributed by atoms with E-state index in [0.29, 0.717) is 5.58 Å². The monoisotopic (exact) mass is 439 g/mol. The maximum atomic E-state index is 12.9. The van der Waals surface area contributed by atoms with Crippen molar-refractivity contribution < 1.29 is 19.1 Å². The molecule has 2 aliphatic heterocycles. The molecular weight excluding hydrogens is 410 g/mol. The predicted molar refractivity (Wildman–Crippen MR) is 120 cm³/mol. The Morgan fingerprint density at radius 3 is 2.62 bits per heavy atom. The minimum Gasteiger partial charge on any atom is -0.422 e. The van der Waals surface area contributed by atoms with Gasteiger partial charge in [-0.25, -0.2) is 4.79 Å². The van der Waals surface area contributed by atoms with Crippen LogP contribution in [0.3, 0.4) is 0 Å². The van der Waals surface area contributed by atoms with Crippen LogP contribution in [0.1, 0.15) is 60.0 Å². The van der Waals surface area contributed by atoms with Gasteiger partial charge < -0.3 is 25.1 Å². The van der Waals surface area contributed by atoms with Gasteiger partial charge in [0.1, 0.15) is 17.2 Å². The van der Waals surface area contributed by atoms with E-state index in [1.165, 1.54) is 11.3 Å². The molecule has 1 aliphatic carbocycles. The van der Waals surface area contributed by atoms with E-state index >= 15 is 0 Å². The zero-order chi connectivity index (χ0) is 22.2. The molecule has 2 aromatic rings. The average molecular weight is 440 g/mol. The molecular formula is C24H29N3O5. The molecule has 1 saturated carbocycles. The number of hydrogen-bond donors (Lipinski definition) is 3. The fourth-order valence-electron chi connectivity index (χ4n) is 5.41. The Balaban J connectivity index is 1.43. The highest BCUT2D eigenvalue weighted by atomic mass is 16.4.